The van der Waals surface area contributed by atoms with E-state index < -0.39 is 0 Å². The zero-order valence-electron chi connectivity index (χ0n) is 15.8. The SMILES string of the molecule is CCCCCCCCCC1(c2ccc(Cc3ccccn3)cc2)CC1. The normalized spacial score (nSPS) is 15.2. The minimum atomic E-state index is 0.521. The molecule has 0 N–H and O–H groups in total. The van der Waals surface area contributed by atoms with Crippen LogP contribution in [0.15, 0.2) is 48.7 Å². The van der Waals surface area contributed by atoms with Crippen LogP contribution in [-0.4, -0.2) is 4.98 Å². The van der Waals surface area contributed by atoms with Crippen molar-refractivity contribution < 1.29 is 0 Å². The van der Waals surface area contributed by atoms with Gasteiger partial charge in [0, 0.05) is 18.3 Å². The van der Waals surface area contributed by atoms with Crippen molar-refractivity contribution >= 4 is 0 Å². The van der Waals surface area contributed by atoms with Gasteiger partial charge in [-0.1, -0.05) is 82.2 Å². The van der Waals surface area contributed by atoms with Gasteiger partial charge < -0.3 is 0 Å². The number of hydrogen-bond donors (Lipinski definition) is 0. The largest absolute Gasteiger partial charge is 0.261 e. The summed E-state index contributed by atoms with van der Waals surface area (Å²) in [7, 11) is 0. The molecule has 2 aromatic rings. The van der Waals surface area contributed by atoms with Crippen LogP contribution in [0.4, 0.5) is 0 Å². The third kappa shape index (κ3) is 5.42. The number of rotatable bonds is 11. The zero-order valence-corrected chi connectivity index (χ0v) is 15.8. The second-order valence-corrected chi connectivity index (χ2v) is 7.85. The molecule has 1 aliphatic rings. The summed E-state index contributed by atoms with van der Waals surface area (Å²) in [6.07, 6.45) is 16.9. The van der Waals surface area contributed by atoms with Crippen LogP contribution in [-0.2, 0) is 11.8 Å². The van der Waals surface area contributed by atoms with Gasteiger partial charge in [0.15, 0.2) is 0 Å². The van der Waals surface area contributed by atoms with E-state index in [4.69, 9.17) is 0 Å². The van der Waals surface area contributed by atoms with Crippen molar-refractivity contribution in [2.45, 2.75) is 83.0 Å². The maximum atomic E-state index is 4.43. The Labute approximate surface area is 153 Å². The fourth-order valence-electron chi connectivity index (χ4n) is 3.94. The summed E-state index contributed by atoms with van der Waals surface area (Å²) in [5, 5.41) is 0. The summed E-state index contributed by atoms with van der Waals surface area (Å²) in [5.74, 6) is 0. The van der Waals surface area contributed by atoms with E-state index in [0.717, 1.165) is 12.1 Å². The van der Waals surface area contributed by atoms with E-state index in [-0.39, 0.29) is 0 Å². The average molecular weight is 336 g/mol. The highest BCUT2D eigenvalue weighted by Gasteiger charge is 2.43. The molecule has 0 unspecified atom stereocenters. The molecule has 0 atom stereocenters. The monoisotopic (exact) mass is 335 g/mol. The lowest BCUT2D eigenvalue weighted by Crippen LogP contribution is -2.06. The first kappa shape index (κ1) is 18.2. The fourth-order valence-corrected chi connectivity index (χ4v) is 3.94. The summed E-state index contributed by atoms with van der Waals surface area (Å²) < 4.78 is 0. The van der Waals surface area contributed by atoms with Crippen molar-refractivity contribution in [3.8, 4) is 0 Å². The standard InChI is InChI=1S/C24H33N/c1-2-3-4-5-6-7-9-16-24(17-18-24)22-14-12-21(13-15-22)20-23-11-8-10-19-25-23/h8,10-15,19H,2-7,9,16-18,20H2,1H3. The van der Waals surface area contributed by atoms with E-state index in [1.807, 2.05) is 12.3 Å². The molecule has 1 aliphatic carbocycles. The molecule has 0 aliphatic heterocycles. The van der Waals surface area contributed by atoms with Crippen LogP contribution in [0.2, 0.25) is 0 Å². The van der Waals surface area contributed by atoms with E-state index >= 15 is 0 Å². The Morgan fingerprint density at radius 2 is 1.56 bits per heavy atom. The Morgan fingerprint density at radius 1 is 0.840 bits per heavy atom. The molecule has 134 valence electrons. The van der Waals surface area contributed by atoms with E-state index in [1.165, 1.54) is 69.8 Å². The second-order valence-electron chi connectivity index (χ2n) is 7.85. The molecule has 0 saturated heterocycles. The lowest BCUT2D eigenvalue weighted by Gasteiger charge is -2.16. The summed E-state index contributed by atoms with van der Waals surface area (Å²) in [6.45, 7) is 2.29. The van der Waals surface area contributed by atoms with Crippen LogP contribution in [0, 0.1) is 0 Å². The lowest BCUT2D eigenvalue weighted by molar-refractivity contribution is 0.525. The molecule has 25 heavy (non-hydrogen) atoms. The summed E-state index contributed by atoms with van der Waals surface area (Å²) in [5.41, 5.74) is 4.62. The van der Waals surface area contributed by atoms with Gasteiger partial charge in [-0.15, -0.1) is 0 Å². The van der Waals surface area contributed by atoms with Gasteiger partial charge in [-0.05, 0) is 47.9 Å². The predicted octanol–water partition coefficient (Wildman–Crippen LogP) is 6.84. The number of unbranched alkanes of at least 4 members (excludes halogenated alkanes) is 6. The Balaban J connectivity index is 1.45. The van der Waals surface area contributed by atoms with Crippen LogP contribution in [0.5, 0.6) is 0 Å². The molecular formula is C24H33N. The van der Waals surface area contributed by atoms with E-state index in [0.29, 0.717) is 5.41 Å². The van der Waals surface area contributed by atoms with Gasteiger partial charge in [0.25, 0.3) is 0 Å². The number of nitrogens with zero attached hydrogens (tertiary/aromatic N) is 1. The topological polar surface area (TPSA) is 12.9 Å². The molecular weight excluding hydrogens is 302 g/mol. The number of hydrogen-bond acceptors (Lipinski definition) is 1. The van der Waals surface area contributed by atoms with E-state index in [2.05, 4.69) is 48.3 Å². The quantitative estimate of drug-likeness (QED) is 0.409. The van der Waals surface area contributed by atoms with Crippen molar-refractivity contribution in [1.82, 2.24) is 4.98 Å². The lowest BCUT2D eigenvalue weighted by atomic mass is 9.89. The minimum absolute atomic E-state index is 0.521. The average Bonchev–Trinajstić information content (AvgIpc) is 3.43. The highest BCUT2D eigenvalue weighted by molar-refractivity contribution is 5.34. The summed E-state index contributed by atoms with van der Waals surface area (Å²) in [6, 6.07) is 15.5. The first-order chi connectivity index (χ1) is 12.3. The van der Waals surface area contributed by atoms with Crippen LogP contribution in [0.1, 0.15) is 88.0 Å². The molecule has 1 heterocycles. The van der Waals surface area contributed by atoms with Gasteiger partial charge >= 0.3 is 0 Å². The predicted molar refractivity (Wildman–Crippen MR) is 107 cm³/mol. The van der Waals surface area contributed by atoms with E-state index in [1.54, 1.807) is 5.56 Å². The van der Waals surface area contributed by atoms with Crippen molar-refractivity contribution in [3.63, 3.8) is 0 Å². The van der Waals surface area contributed by atoms with Crippen molar-refractivity contribution in [2.24, 2.45) is 0 Å². The van der Waals surface area contributed by atoms with Crippen molar-refractivity contribution in [3.05, 3.63) is 65.5 Å². The van der Waals surface area contributed by atoms with Gasteiger partial charge in [0.1, 0.15) is 0 Å². The summed E-state index contributed by atoms with van der Waals surface area (Å²) in [4.78, 5) is 4.43. The fraction of sp³-hybridized carbons (Fsp3) is 0.542. The third-order valence-corrected chi connectivity index (χ3v) is 5.79. The highest BCUT2D eigenvalue weighted by atomic mass is 14.7. The molecule has 1 heteroatoms. The van der Waals surface area contributed by atoms with Gasteiger partial charge in [-0.25, -0.2) is 0 Å². The van der Waals surface area contributed by atoms with Gasteiger partial charge in [0.05, 0.1) is 0 Å². The van der Waals surface area contributed by atoms with Crippen molar-refractivity contribution in [1.29, 1.82) is 0 Å². The second kappa shape index (κ2) is 9.17. The number of aromatic nitrogens is 1. The molecule has 0 amide bonds. The Kier molecular flexibility index (Phi) is 6.67. The first-order valence-electron chi connectivity index (χ1n) is 10.3. The van der Waals surface area contributed by atoms with Crippen LogP contribution in [0.3, 0.4) is 0 Å². The van der Waals surface area contributed by atoms with Crippen LogP contribution in [0.25, 0.3) is 0 Å². The van der Waals surface area contributed by atoms with Crippen molar-refractivity contribution in [2.75, 3.05) is 0 Å². The van der Waals surface area contributed by atoms with Gasteiger partial charge in [-0.2, -0.15) is 0 Å². The molecule has 1 fully saturated rings. The maximum absolute atomic E-state index is 4.43. The highest BCUT2D eigenvalue weighted by Crippen LogP contribution is 2.52. The number of benzene rings is 1. The molecule has 0 radical (unpaired) electrons. The summed E-state index contributed by atoms with van der Waals surface area (Å²) >= 11 is 0. The molecule has 0 spiro atoms. The first-order valence-corrected chi connectivity index (χ1v) is 10.3. The third-order valence-electron chi connectivity index (χ3n) is 5.79. The molecule has 3 rings (SSSR count). The minimum Gasteiger partial charge on any atom is -0.261 e. The Hall–Kier alpha value is -1.63. The molecule has 1 nitrogen and oxygen atoms in total. The Morgan fingerprint density at radius 3 is 2.20 bits per heavy atom. The van der Waals surface area contributed by atoms with Crippen LogP contribution < -0.4 is 0 Å². The maximum Gasteiger partial charge on any atom is 0.0447 e. The van der Waals surface area contributed by atoms with E-state index in [9.17, 15) is 0 Å². The molecule has 1 saturated carbocycles. The van der Waals surface area contributed by atoms with Crippen LogP contribution >= 0.6 is 0 Å². The Bertz CT molecular complexity index is 610. The molecule has 1 aromatic carbocycles. The van der Waals surface area contributed by atoms with Gasteiger partial charge in [0.2, 0.25) is 0 Å². The zero-order chi connectivity index (χ0) is 17.4. The molecule has 1 aromatic heterocycles. The number of pyridine rings is 1. The smallest absolute Gasteiger partial charge is 0.0447 e. The molecule has 0 bridgehead atoms. The van der Waals surface area contributed by atoms with Gasteiger partial charge in [-0.3, -0.25) is 4.98 Å².